The number of aromatic carboxylic acids is 1. The SMILES string of the molecule is COc1ccc(-c2ncc(C(=O)O)cn2)cc1Cl. The van der Waals surface area contributed by atoms with E-state index in [-0.39, 0.29) is 5.56 Å². The van der Waals surface area contributed by atoms with Crippen molar-refractivity contribution in [3.8, 4) is 17.1 Å². The lowest BCUT2D eigenvalue weighted by molar-refractivity contribution is 0.0696. The number of carboxylic acids is 1. The lowest BCUT2D eigenvalue weighted by Gasteiger charge is -2.05. The van der Waals surface area contributed by atoms with Crippen LogP contribution in [0.15, 0.2) is 30.6 Å². The zero-order valence-electron chi connectivity index (χ0n) is 9.42. The molecule has 1 aromatic carbocycles. The lowest BCUT2D eigenvalue weighted by Crippen LogP contribution is -1.99. The van der Waals surface area contributed by atoms with Crippen molar-refractivity contribution < 1.29 is 14.6 Å². The van der Waals surface area contributed by atoms with Crippen molar-refractivity contribution in [2.45, 2.75) is 0 Å². The topological polar surface area (TPSA) is 72.3 Å². The minimum absolute atomic E-state index is 0.0401. The Labute approximate surface area is 108 Å². The molecule has 0 atom stereocenters. The molecular weight excluding hydrogens is 256 g/mol. The van der Waals surface area contributed by atoms with Crippen molar-refractivity contribution in [1.82, 2.24) is 9.97 Å². The highest BCUT2D eigenvalue weighted by molar-refractivity contribution is 6.32. The summed E-state index contributed by atoms with van der Waals surface area (Å²) < 4.78 is 5.04. The first kappa shape index (κ1) is 12.3. The average Bonchev–Trinajstić information content (AvgIpc) is 2.38. The third-order valence-electron chi connectivity index (χ3n) is 2.31. The molecule has 0 spiro atoms. The molecule has 0 radical (unpaired) electrons. The van der Waals surface area contributed by atoms with Crippen LogP contribution in [0.4, 0.5) is 0 Å². The second kappa shape index (κ2) is 5.01. The predicted octanol–water partition coefficient (Wildman–Crippen LogP) is 2.50. The zero-order chi connectivity index (χ0) is 13.1. The van der Waals surface area contributed by atoms with Crippen molar-refractivity contribution >= 4 is 17.6 Å². The fourth-order valence-electron chi connectivity index (χ4n) is 1.39. The van der Waals surface area contributed by atoms with Crippen molar-refractivity contribution in [1.29, 1.82) is 0 Å². The first-order valence-corrected chi connectivity index (χ1v) is 5.39. The van der Waals surface area contributed by atoms with E-state index in [0.29, 0.717) is 22.2 Å². The number of carboxylic acid groups (broad SMARTS) is 1. The Morgan fingerprint density at radius 2 is 2.00 bits per heavy atom. The van der Waals surface area contributed by atoms with Gasteiger partial charge >= 0.3 is 5.97 Å². The summed E-state index contributed by atoms with van der Waals surface area (Å²) in [4.78, 5) is 18.6. The molecule has 0 saturated carbocycles. The van der Waals surface area contributed by atoms with E-state index in [1.54, 1.807) is 18.2 Å². The maximum atomic E-state index is 10.7. The smallest absolute Gasteiger partial charge is 0.338 e. The molecule has 18 heavy (non-hydrogen) atoms. The molecule has 0 fully saturated rings. The van der Waals surface area contributed by atoms with Crippen LogP contribution in [0.25, 0.3) is 11.4 Å². The van der Waals surface area contributed by atoms with Crippen LogP contribution in [0.5, 0.6) is 5.75 Å². The summed E-state index contributed by atoms with van der Waals surface area (Å²) in [5.74, 6) is -0.0959. The van der Waals surface area contributed by atoms with Gasteiger partial charge in [-0.05, 0) is 18.2 Å². The standard InChI is InChI=1S/C12H9ClN2O3/c1-18-10-3-2-7(4-9(10)13)11-14-5-8(6-15-11)12(16)17/h2-6H,1H3,(H,16,17). The zero-order valence-corrected chi connectivity index (χ0v) is 10.2. The largest absolute Gasteiger partial charge is 0.495 e. The van der Waals surface area contributed by atoms with Gasteiger partial charge in [-0.15, -0.1) is 0 Å². The van der Waals surface area contributed by atoms with Gasteiger partial charge in [-0.3, -0.25) is 0 Å². The van der Waals surface area contributed by atoms with E-state index in [9.17, 15) is 4.79 Å². The van der Waals surface area contributed by atoms with Gasteiger partial charge in [-0.2, -0.15) is 0 Å². The maximum Gasteiger partial charge on any atom is 0.338 e. The summed E-state index contributed by atoms with van der Waals surface area (Å²) in [6, 6.07) is 5.11. The number of methoxy groups -OCH3 is 1. The summed E-state index contributed by atoms with van der Waals surface area (Å²) in [7, 11) is 1.53. The summed E-state index contributed by atoms with van der Waals surface area (Å²) in [6.07, 6.45) is 2.51. The van der Waals surface area contributed by atoms with Gasteiger partial charge in [0.25, 0.3) is 0 Å². The number of rotatable bonds is 3. The minimum atomic E-state index is -1.06. The van der Waals surface area contributed by atoms with E-state index < -0.39 is 5.97 Å². The maximum absolute atomic E-state index is 10.7. The number of halogens is 1. The van der Waals surface area contributed by atoms with Crippen LogP contribution in [0.3, 0.4) is 0 Å². The fraction of sp³-hybridized carbons (Fsp3) is 0.0833. The molecule has 6 heteroatoms. The molecule has 2 rings (SSSR count). The first-order valence-electron chi connectivity index (χ1n) is 5.01. The van der Waals surface area contributed by atoms with E-state index in [4.69, 9.17) is 21.4 Å². The number of aromatic nitrogens is 2. The van der Waals surface area contributed by atoms with Crippen LogP contribution >= 0.6 is 11.6 Å². The third kappa shape index (κ3) is 2.41. The normalized spacial score (nSPS) is 10.1. The van der Waals surface area contributed by atoms with E-state index in [1.165, 1.54) is 19.5 Å². The molecule has 1 aromatic heterocycles. The number of hydrogen-bond acceptors (Lipinski definition) is 4. The molecule has 0 amide bonds. The Balaban J connectivity index is 2.36. The first-order chi connectivity index (χ1) is 8.61. The predicted molar refractivity (Wildman–Crippen MR) is 66.0 cm³/mol. The fourth-order valence-corrected chi connectivity index (χ4v) is 1.65. The van der Waals surface area contributed by atoms with Crippen molar-refractivity contribution in [3.05, 3.63) is 41.2 Å². The Kier molecular flexibility index (Phi) is 3.43. The Bertz CT molecular complexity index is 584. The molecular formula is C12H9ClN2O3. The molecule has 92 valence electrons. The molecule has 1 heterocycles. The van der Waals surface area contributed by atoms with E-state index in [2.05, 4.69) is 9.97 Å². The Morgan fingerprint density at radius 1 is 1.33 bits per heavy atom. The van der Waals surface area contributed by atoms with E-state index in [0.717, 1.165) is 0 Å². The number of hydrogen-bond donors (Lipinski definition) is 1. The molecule has 0 bridgehead atoms. The van der Waals surface area contributed by atoms with Crippen molar-refractivity contribution in [3.63, 3.8) is 0 Å². The van der Waals surface area contributed by atoms with Crippen LogP contribution in [-0.2, 0) is 0 Å². The summed E-state index contributed by atoms with van der Waals surface area (Å²) in [5.41, 5.74) is 0.732. The second-order valence-corrected chi connectivity index (χ2v) is 3.86. The Hall–Kier alpha value is -2.14. The molecule has 0 aliphatic rings. The highest BCUT2D eigenvalue weighted by Crippen LogP contribution is 2.28. The molecule has 0 unspecified atom stereocenters. The number of nitrogens with zero attached hydrogens (tertiary/aromatic N) is 2. The van der Waals surface area contributed by atoms with Crippen LogP contribution < -0.4 is 4.74 Å². The summed E-state index contributed by atoms with van der Waals surface area (Å²) in [5, 5.41) is 9.19. The number of carbonyl (C=O) groups is 1. The van der Waals surface area contributed by atoms with Crippen LogP contribution in [0.1, 0.15) is 10.4 Å². The van der Waals surface area contributed by atoms with E-state index >= 15 is 0 Å². The highest BCUT2D eigenvalue weighted by Gasteiger charge is 2.08. The summed E-state index contributed by atoms with van der Waals surface area (Å²) in [6.45, 7) is 0. The molecule has 0 saturated heterocycles. The van der Waals surface area contributed by atoms with Gasteiger partial charge in [0.2, 0.25) is 0 Å². The van der Waals surface area contributed by atoms with Crippen LogP contribution in [-0.4, -0.2) is 28.2 Å². The second-order valence-electron chi connectivity index (χ2n) is 3.45. The van der Waals surface area contributed by atoms with Crippen LogP contribution in [0, 0.1) is 0 Å². The quantitative estimate of drug-likeness (QED) is 0.922. The minimum Gasteiger partial charge on any atom is -0.495 e. The van der Waals surface area contributed by atoms with Gasteiger partial charge < -0.3 is 9.84 Å². The molecule has 0 aliphatic heterocycles. The van der Waals surface area contributed by atoms with E-state index in [1.807, 2.05) is 0 Å². The molecule has 0 aliphatic carbocycles. The molecule has 2 aromatic rings. The molecule has 1 N–H and O–H groups in total. The highest BCUT2D eigenvalue weighted by atomic mass is 35.5. The monoisotopic (exact) mass is 264 g/mol. The number of benzene rings is 1. The van der Waals surface area contributed by atoms with Crippen LogP contribution in [0.2, 0.25) is 5.02 Å². The van der Waals surface area contributed by atoms with Gasteiger partial charge in [-0.25, -0.2) is 14.8 Å². The lowest BCUT2D eigenvalue weighted by atomic mass is 10.2. The van der Waals surface area contributed by atoms with Gasteiger partial charge in [0, 0.05) is 18.0 Å². The van der Waals surface area contributed by atoms with Gasteiger partial charge in [-0.1, -0.05) is 11.6 Å². The Morgan fingerprint density at radius 3 is 2.50 bits per heavy atom. The average molecular weight is 265 g/mol. The van der Waals surface area contributed by atoms with Crippen molar-refractivity contribution in [2.75, 3.05) is 7.11 Å². The summed E-state index contributed by atoms with van der Waals surface area (Å²) >= 11 is 5.99. The molecule has 5 nitrogen and oxygen atoms in total. The van der Waals surface area contributed by atoms with Gasteiger partial charge in [0.15, 0.2) is 5.82 Å². The number of ether oxygens (including phenoxy) is 1. The third-order valence-corrected chi connectivity index (χ3v) is 2.60. The van der Waals surface area contributed by atoms with Gasteiger partial charge in [0.1, 0.15) is 5.75 Å². The van der Waals surface area contributed by atoms with Gasteiger partial charge in [0.05, 0.1) is 17.7 Å². The van der Waals surface area contributed by atoms with Crippen molar-refractivity contribution in [2.24, 2.45) is 0 Å².